The molecule has 1 aromatic rings. The Kier molecular flexibility index (Phi) is 21.3. The van der Waals surface area contributed by atoms with Crippen molar-refractivity contribution in [1.29, 1.82) is 0 Å². The maximum absolute atomic E-state index is 12.2. The third kappa shape index (κ3) is 17.3. The van der Waals surface area contributed by atoms with Crippen LogP contribution < -0.4 is 26.8 Å². The lowest BCUT2D eigenvalue weighted by molar-refractivity contribution is -0.126. The second kappa shape index (κ2) is 24.9. The van der Waals surface area contributed by atoms with Crippen molar-refractivity contribution in [2.45, 2.75) is 50.0 Å². The van der Waals surface area contributed by atoms with E-state index < -0.39 is 18.4 Å². The summed E-state index contributed by atoms with van der Waals surface area (Å²) in [5.41, 5.74) is 10.9. The standard InChI is InChI=1S/C31H45BN4O10S2/c1-4-7-22(2)42-18-26-25(46-31(39)44-21-34)17-27(45-26)32-10-6-12-35-28(37)19-40-14-15-41-29(48-47-3)20-43-24-9-5-8-23(16-24)30(38)36-13-11-33/h5,8-9,16,22,25-27,29,32H,11-15,17-21,33-34H2,1-3H3,(H,35,37)(H,36,38)/t22?,25-,26?,27-,29?/m1/s1. The van der Waals surface area contributed by atoms with Gasteiger partial charge in [-0.15, -0.1) is 5.92 Å². The largest absolute Gasteiger partial charge is 0.509 e. The average molecular weight is 709 g/mol. The van der Waals surface area contributed by atoms with E-state index in [0.29, 0.717) is 38.1 Å². The van der Waals surface area contributed by atoms with Crippen molar-refractivity contribution < 1.29 is 47.5 Å². The van der Waals surface area contributed by atoms with E-state index in [1.54, 1.807) is 31.2 Å². The van der Waals surface area contributed by atoms with Gasteiger partial charge in [0.25, 0.3) is 5.91 Å². The van der Waals surface area contributed by atoms with Crippen molar-refractivity contribution in [1.82, 2.24) is 10.6 Å². The van der Waals surface area contributed by atoms with Crippen molar-refractivity contribution in [2.75, 3.05) is 65.7 Å². The van der Waals surface area contributed by atoms with Gasteiger partial charge in [0, 0.05) is 31.1 Å². The van der Waals surface area contributed by atoms with Crippen molar-refractivity contribution >= 4 is 46.8 Å². The van der Waals surface area contributed by atoms with E-state index in [1.165, 1.54) is 21.6 Å². The molecule has 0 radical (unpaired) electrons. The summed E-state index contributed by atoms with van der Waals surface area (Å²) in [5.74, 6) is 11.6. The molecule has 0 saturated carbocycles. The number of carbonyl (C=O) groups excluding carboxylic acids is 3. The first-order valence-electron chi connectivity index (χ1n) is 15.3. The molecule has 1 heterocycles. The molecule has 1 saturated heterocycles. The molecule has 1 aliphatic heterocycles. The minimum absolute atomic E-state index is 0.133. The average Bonchev–Trinajstić information content (AvgIpc) is 3.45. The fraction of sp³-hybridized carbons (Fsp3) is 0.581. The van der Waals surface area contributed by atoms with Gasteiger partial charge in [-0.2, -0.15) is 5.82 Å². The summed E-state index contributed by atoms with van der Waals surface area (Å²) in [6.07, 6.45) is 0.0620. The maximum Gasteiger partial charge on any atom is 0.509 e. The lowest BCUT2D eigenvalue weighted by Gasteiger charge is -2.19. The van der Waals surface area contributed by atoms with E-state index in [0.717, 1.165) is 0 Å². The van der Waals surface area contributed by atoms with Crippen LogP contribution in [0.3, 0.4) is 0 Å². The van der Waals surface area contributed by atoms with Crippen LogP contribution in [0.25, 0.3) is 0 Å². The Morgan fingerprint density at radius 1 is 1.19 bits per heavy atom. The van der Waals surface area contributed by atoms with Crippen LogP contribution in [0.15, 0.2) is 24.3 Å². The fourth-order valence-corrected chi connectivity index (χ4v) is 5.62. The van der Waals surface area contributed by atoms with E-state index >= 15 is 0 Å². The van der Waals surface area contributed by atoms with Gasteiger partial charge in [-0.25, -0.2) is 4.79 Å². The molecular weight excluding hydrogens is 663 g/mol. The number of hydrogen-bond acceptors (Lipinski definition) is 14. The highest BCUT2D eigenvalue weighted by atomic mass is 33.1. The van der Waals surface area contributed by atoms with Crippen molar-refractivity contribution in [3.8, 4) is 29.3 Å². The highest BCUT2D eigenvalue weighted by Crippen LogP contribution is 2.26. The number of rotatable bonds is 21. The van der Waals surface area contributed by atoms with Gasteiger partial charge in [0.1, 0.15) is 49.4 Å². The van der Waals surface area contributed by atoms with Gasteiger partial charge in [-0.1, -0.05) is 39.5 Å². The van der Waals surface area contributed by atoms with Gasteiger partial charge < -0.3 is 49.5 Å². The molecule has 0 aromatic heterocycles. The molecule has 264 valence electrons. The zero-order valence-corrected chi connectivity index (χ0v) is 29.2. The summed E-state index contributed by atoms with van der Waals surface area (Å²) in [4.78, 5) is 36.1. The first-order chi connectivity index (χ1) is 23.3. The van der Waals surface area contributed by atoms with Crippen LogP contribution in [-0.2, 0) is 33.2 Å². The topological polar surface area (TPSA) is 192 Å². The Balaban J connectivity index is 1.66. The molecule has 0 bridgehead atoms. The summed E-state index contributed by atoms with van der Waals surface area (Å²) in [7, 11) is 3.39. The van der Waals surface area contributed by atoms with Gasteiger partial charge in [-0.05, 0) is 38.3 Å². The van der Waals surface area contributed by atoms with Gasteiger partial charge >= 0.3 is 6.16 Å². The SMILES string of the molecule is CC#CC(C)OCC1O[C@@H](BC#CCNC(=O)COCCOC(COc2cccc(C(=O)NCCN)c2)SSC)C[C@H]1OC(=O)OCN. The van der Waals surface area contributed by atoms with E-state index in [-0.39, 0.29) is 75.7 Å². The molecule has 2 rings (SSSR count). The van der Waals surface area contributed by atoms with Crippen molar-refractivity contribution in [3.05, 3.63) is 29.8 Å². The number of carbonyl (C=O) groups is 3. The third-order valence-corrected chi connectivity index (χ3v) is 8.19. The number of hydrogen-bond donors (Lipinski definition) is 4. The Labute approximate surface area is 290 Å². The summed E-state index contributed by atoms with van der Waals surface area (Å²) < 4.78 is 38.8. The molecule has 0 spiro atoms. The molecule has 0 aliphatic carbocycles. The second-order valence-corrected chi connectivity index (χ2v) is 12.6. The molecule has 2 amide bonds. The van der Waals surface area contributed by atoms with Gasteiger partial charge in [0.15, 0.2) is 0 Å². The summed E-state index contributed by atoms with van der Waals surface area (Å²) in [6, 6.07) is 6.57. The monoisotopic (exact) mass is 708 g/mol. The second-order valence-electron chi connectivity index (χ2n) is 9.95. The van der Waals surface area contributed by atoms with Crippen molar-refractivity contribution in [2.24, 2.45) is 11.5 Å². The third-order valence-electron chi connectivity index (χ3n) is 6.29. The highest BCUT2D eigenvalue weighted by molar-refractivity contribution is 8.76. The van der Waals surface area contributed by atoms with Crippen LogP contribution in [-0.4, -0.2) is 121 Å². The number of nitrogens with one attached hydrogen (secondary N) is 2. The number of benzene rings is 1. The normalized spacial score (nSPS) is 17.8. The van der Waals surface area contributed by atoms with Gasteiger partial charge in [0.05, 0.1) is 26.4 Å². The molecule has 6 N–H and O–H groups in total. The minimum Gasteiger partial charge on any atom is -0.490 e. The molecular formula is C31H45BN4O10S2. The molecule has 3 unspecified atom stereocenters. The van der Waals surface area contributed by atoms with E-state index in [1.807, 2.05) is 13.2 Å². The van der Waals surface area contributed by atoms with E-state index in [9.17, 15) is 14.4 Å². The fourth-order valence-electron chi connectivity index (χ4n) is 4.15. The molecule has 17 heteroatoms. The van der Waals surface area contributed by atoms with E-state index in [4.69, 9.17) is 39.9 Å². The molecule has 5 atom stereocenters. The van der Waals surface area contributed by atoms with E-state index in [2.05, 4.69) is 39.0 Å². The first-order valence-corrected chi connectivity index (χ1v) is 18.0. The quantitative estimate of drug-likeness (QED) is 0.0347. The molecule has 48 heavy (non-hydrogen) atoms. The lowest BCUT2D eigenvalue weighted by atomic mass is 9.71. The Morgan fingerprint density at radius 3 is 2.77 bits per heavy atom. The van der Waals surface area contributed by atoms with Crippen LogP contribution >= 0.6 is 21.6 Å². The Hall–Kier alpha value is -3.13. The predicted molar refractivity (Wildman–Crippen MR) is 185 cm³/mol. The summed E-state index contributed by atoms with van der Waals surface area (Å²) >= 11 is 0. The molecule has 1 fully saturated rings. The van der Waals surface area contributed by atoms with Gasteiger partial charge in [-0.3, -0.25) is 15.3 Å². The van der Waals surface area contributed by atoms with Crippen LogP contribution in [0.4, 0.5) is 4.79 Å². The summed E-state index contributed by atoms with van der Waals surface area (Å²) in [6.45, 7) is 4.87. The summed E-state index contributed by atoms with van der Waals surface area (Å²) in [5, 5.41) is 5.41. The highest BCUT2D eigenvalue weighted by Gasteiger charge is 2.38. The lowest BCUT2D eigenvalue weighted by Crippen LogP contribution is -2.33. The molecule has 1 aromatic carbocycles. The predicted octanol–water partition coefficient (Wildman–Crippen LogP) is 0.619. The van der Waals surface area contributed by atoms with Crippen LogP contribution in [0.1, 0.15) is 30.6 Å². The number of ether oxygens (including phenoxy) is 7. The van der Waals surface area contributed by atoms with Gasteiger partial charge in [0.2, 0.25) is 13.2 Å². The zero-order chi connectivity index (χ0) is 35.0. The zero-order valence-electron chi connectivity index (χ0n) is 27.5. The van der Waals surface area contributed by atoms with Crippen LogP contribution in [0.5, 0.6) is 5.75 Å². The smallest absolute Gasteiger partial charge is 0.490 e. The Morgan fingerprint density at radius 2 is 2.02 bits per heavy atom. The maximum atomic E-state index is 12.2. The number of nitrogens with two attached hydrogens (primary N) is 2. The Bertz CT molecular complexity index is 1260. The van der Waals surface area contributed by atoms with Crippen LogP contribution in [0.2, 0.25) is 0 Å². The minimum atomic E-state index is -0.877. The number of amides is 2. The van der Waals surface area contributed by atoms with Crippen LogP contribution in [0, 0.1) is 23.6 Å². The van der Waals surface area contributed by atoms with Crippen molar-refractivity contribution in [3.63, 3.8) is 0 Å². The molecule has 1 aliphatic rings. The first kappa shape index (κ1) is 41.0. The molecule has 14 nitrogen and oxygen atoms in total.